The fourth-order valence-electron chi connectivity index (χ4n) is 2.43. The SMILES string of the molecule is CC(=O)N(CCC(=O)N(C)Cc1ccccc1)c1ccc(Br)cc1. The molecule has 0 saturated carbocycles. The van der Waals surface area contributed by atoms with Gasteiger partial charge in [0.05, 0.1) is 0 Å². The molecule has 0 bridgehead atoms. The van der Waals surface area contributed by atoms with Crippen LogP contribution in [-0.2, 0) is 16.1 Å². The van der Waals surface area contributed by atoms with Gasteiger partial charge in [0, 0.05) is 43.6 Å². The van der Waals surface area contributed by atoms with Crippen LogP contribution in [0.2, 0.25) is 0 Å². The number of hydrogen-bond acceptors (Lipinski definition) is 2. The van der Waals surface area contributed by atoms with E-state index in [1.807, 2.05) is 54.6 Å². The van der Waals surface area contributed by atoms with Crippen molar-refractivity contribution in [1.29, 1.82) is 0 Å². The number of anilines is 1. The van der Waals surface area contributed by atoms with Gasteiger partial charge < -0.3 is 9.80 Å². The Kier molecular flexibility index (Phi) is 6.55. The van der Waals surface area contributed by atoms with Crippen LogP contribution in [-0.4, -0.2) is 30.3 Å². The van der Waals surface area contributed by atoms with E-state index in [9.17, 15) is 9.59 Å². The number of carbonyl (C=O) groups is 2. The van der Waals surface area contributed by atoms with Crippen molar-refractivity contribution in [2.75, 3.05) is 18.5 Å². The summed E-state index contributed by atoms with van der Waals surface area (Å²) in [7, 11) is 1.78. The Morgan fingerprint density at radius 2 is 1.62 bits per heavy atom. The van der Waals surface area contributed by atoms with Crippen molar-refractivity contribution in [2.24, 2.45) is 0 Å². The predicted octanol–water partition coefficient (Wildman–Crippen LogP) is 3.85. The molecule has 0 saturated heterocycles. The fourth-order valence-corrected chi connectivity index (χ4v) is 2.70. The lowest BCUT2D eigenvalue weighted by Crippen LogP contribution is -2.34. The molecule has 0 spiro atoms. The monoisotopic (exact) mass is 388 g/mol. The smallest absolute Gasteiger partial charge is 0.224 e. The second-order valence-electron chi connectivity index (χ2n) is 5.63. The van der Waals surface area contributed by atoms with Crippen LogP contribution in [0.4, 0.5) is 5.69 Å². The normalized spacial score (nSPS) is 10.3. The summed E-state index contributed by atoms with van der Waals surface area (Å²) in [6, 6.07) is 17.4. The van der Waals surface area contributed by atoms with Crippen molar-refractivity contribution < 1.29 is 9.59 Å². The van der Waals surface area contributed by atoms with E-state index in [1.165, 1.54) is 6.92 Å². The molecule has 4 nitrogen and oxygen atoms in total. The molecule has 5 heteroatoms. The first-order valence-electron chi connectivity index (χ1n) is 7.79. The number of carbonyl (C=O) groups excluding carboxylic acids is 2. The minimum atomic E-state index is -0.0733. The molecule has 0 atom stereocenters. The molecule has 0 aliphatic carbocycles. The van der Waals surface area contributed by atoms with E-state index in [1.54, 1.807) is 16.8 Å². The Hall–Kier alpha value is -2.14. The van der Waals surface area contributed by atoms with Gasteiger partial charge in [-0.15, -0.1) is 0 Å². The van der Waals surface area contributed by atoms with Crippen LogP contribution in [0.15, 0.2) is 59.1 Å². The standard InChI is InChI=1S/C19H21BrN2O2/c1-15(23)22(18-10-8-17(20)9-11-18)13-12-19(24)21(2)14-16-6-4-3-5-7-16/h3-11H,12-14H2,1-2H3. The summed E-state index contributed by atoms with van der Waals surface area (Å²) in [5.74, 6) is -0.0574. The Morgan fingerprint density at radius 1 is 1.00 bits per heavy atom. The largest absolute Gasteiger partial charge is 0.341 e. The van der Waals surface area contributed by atoms with E-state index in [4.69, 9.17) is 0 Å². The van der Waals surface area contributed by atoms with Crippen molar-refractivity contribution in [3.63, 3.8) is 0 Å². The third kappa shape index (κ3) is 5.20. The summed E-state index contributed by atoms with van der Waals surface area (Å²) in [6.45, 7) is 2.45. The third-order valence-corrected chi connectivity index (χ3v) is 4.28. The van der Waals surface area contributed by atoms with Gasteiger partial charge in [0.25, 0.3) is 0 Å². The van der Waals surface area contributed by atoms with Crippen molar-refractivity contribution in [3.8, 4) is 0 Å². The zero-order chi connectivity index (χ0) is 17.5. The van der Waals surface area contributed by atoms with Crippen LogP contribution in [0.25, 0.3) is 0 Å². The van der Waals surface area contributed by atoms with Gasteiger partial charge in [-0.1, -0.05) is 46.3 Å². The minimum absolute atomic E-state index is 0.0159. The highest BCUT2D eigenvalue weighted by Gasteiger charge is 2.15. The maximum Gasteiger partial charge on any atom is 0.224 e. The first-order chi connectivity index (χ1) is 11.5. The van der Waals surface area contributed by atoms with Crippen molar-refractivity contribution >= 4 is 33.4 Å². The van der Waals surface area contributed by atoms with Gasteiger partial charge in [0.2, 0.25) is 11.8 Å². The van der Waals surface area contributed by atoms with Crippen LogP contribution in [0.5, 0.6) is 0 Å². The number of halogens is 1. The summed E-state index contributed by atoms with van der Waals surface area (Å²) in [5.41, 5.74) is 1.88. The number of rotatable bonds is 6. The Morgan fingerprint density at radius 3 is 2.21 bits per heavy atom. The van der Waals surface area contributed by atoms with Crippen molar-refractivity contribution in [3.05, 3.63) is 64.6 Å². The van der Waals surface area contributed by atoms with Crippen LogP contribution in [0.3, 0.4) is 0 Å². The highest BCUT2D eigenvalue weighted by atomic mass is 79.9. The van der Waals surface area contributed by atoms with E-state index in [2.05, 4.69) is 15.9 Å². The number of amides is 2. The molecular weight excluding hydrogens is 368 g/mol. The third-order valence-electron chi connectivity index (χ3n) is 3.76. The molecule has 0 aliphatic heterocycles. The second kappa shape index (κ2) is 8.64. The van der Waals surface area contributed by atoms with E-state index < -0.39 is 0 Å². The van der Waals surface area contributed by atoms with Gasteiger partial charge >= 0.3 is 0 Å². The molecule has 0 N–H and O–H groups in total. The molecule has 2 aromatic carbocycles. The van der Waals surface area contributed by atoms with E-state index >= 15 is 0 Å². The van der Waals surface area contributed by atoms with Crippen molar-refractivity contribution in [1.82, 2.24) is 4.90 Å². The maximum atomic E-state index is 12.3. The molecule has 0 aromatic heterocycles. The van der Waals surface area contributed by atoms with Gasteiger partial charge in [-0.3, -0.25) is 9.59 Å². The molecule has 0 heterocycles. The predicted molar refractivity (Wildman–Crippen MR) is 99.7 cm³/mol. The van der Waals surface area contributed by atoms with Gasteiger partial charge in [0.1, 0.15) is 0 Å². The van der Waals surface area contributed by atoms with Crippen LogP contribution < -0.4 is 4.90 Å². The van der Waals surface area contributed by atoms with E-state index in [0.29, 0.717) is 19.5 Å². The first-order valence-corrected chi connectivity index (χ1v) is 8.58. The molecule has 2 amide bonds. The van der Waals surface area contributed by atoms with Gasteiger partial charge in [-0.05, 0) is 29.8 Å². The van der Waals surface area contributed by atoms with E-state index in [0.717, 1.165) is 15.7 Å². The first kappa shape index (κ1) is 18.2. The number of benzene rings is 2. The molecule has 0 unspecified atom stereocenters. The molecule has 2 rings (SSSR count). The highest BCUT2D eigenvalue weighted by molar-refractivity contribution is 9.10. The summed E-state index contributed by atoms with van der Waals surface area (Å²) in [6.07, 6.45) is 0.291. The van der Waals surface area contributed by atoms with Gasteiger partial charge in [-0.25, -0.2) is 0 Å². The summed E-state index contributed by atoms with van der Waals surface area (Å²) in [5, 5.41) is 0. The van der Waals surface area contributed by atoms with Crippen molar-refractivity contribution in [2.45, 2.75) is 19.9 Å². The fraction of sp³-hybridized carbons (Fsp3) is 0.263. The van der Waals surface area contributed by atoms with Crippen LogP contribution in [0, 0.1) is 0 Å². The van der Waals surface area contributed by atoms with Crippen LogP contribution in [0.1, 0.15) is 18.9 Å². The Labute approximate surface area is 151 Å². The van der Waals surface area contributed by atoms with E-state index in [-0.39, 0.29) is 11.8 Å². The molecular formula is C19H21BrN2O2. The number of hydrogen-bond donors (Lipinski definition) is 0. The highest BCUT2D eigenvalue weighted by Crippen LogP contribution is 2.19. The van der Waals surface area contributed by atoms with Gasteiger partial charge in [-0.2, -0.15) is 0 Å². The van der Waals surface area contributed by atoms with Crippen LogP contribution >= 0.6 is 15.9 Å². The molecule has 0 radical (unpaired) electrons. The van der Waals surface area contributed by atoms with Gasteiger partial charge in [0.15, 0.2) is 0 Å². The Balaban J connectivity index is 1.94. The lowest BCUT2D eigenvalue weighted by atomic mass is 10.2. The molecule has 24 heavy (non-hydrogen) atoms. The lowest BCUT2D eigenvalue weighted by molar-refractivity contribution is -0.130. The maximum absolute atomic E-state index is 12.3. The summed E-state index contributed by atoms with van der Waals surface area (Å²) >= 11 is 3.38. The zero-order valence-corrected chi connectivity index (χ0v) is 15.5. The zero-order valence-electron chi connectivity index (χ0n) is 13.9. The average Bonchev–Trinajstić information content (AvgIpc) is 2.57. The topological polar surface area (TPSA) is 40.6 Å². The second-order valence-corrected chi connectivity index (χ2v) is 6.55. The Bertz CT molecular complexity index is 686. The average molecular weight is 389 g/mol. The molecule has 0 aliphatic rings. The summed E-state index contributed by atoms with van der Waals surface area (Å²) < 4.78 is 0.952. The lowest BCUT2D eigenvalue weighted by Gasteiger charge is -2.23. The quantitative estimate of drug-likeness (QED) is 0.753. The molecule has 2 aromatic rings. The molecule has 0 fully saturated rings. The summed E-state index contributed by atoms with van der Waals surface area (Å²) in [4.78, 5) is 27.5. The molecule has 126 valence electrons. The minimum Gasteiger partial charge on any atom is -0.341 e. The number of nitrogens with zero attached hydrogens (tertiary/aromatic N) is 2.